The van der Waals surface area contributed by atoms with Crippen LogP contribution >= 0.6 is 0 Å². The lowest BCUT2D eigenvalue weighted by Gasteiger charge is -2.22. The Morgan fingerprint density at radius 2 is 2.15 bits per heavy atom. The van der Waals surface area contributed by atoms with E-state index in [0.29, 0.717) is 5.82 Å². The molecule has 0 aliphatic rings. The minimum absolute atomic E-state index is 0.151. The van der Waals surface area contributed by atoms with Crippen molar-refractivity contribution in [3.05, 3.63) is 12.2 Å². The monoisotopic (exact) mass is 295 g/mol. The first-order valence-electron chi connectivity index (χ1n) is 5.33. The zero-order valence-corrected chi connectivity index (χ0v) is 10.4. The normalized spacial score (nSPS) is 11.2. The molecule has 1 aromatic rings. The number of nitrogens with one attached hydrogen (secondary N) is 1. The molecule has 0 atom stereocenters. The molecule has 0 aromatic carbocycles. The maximum absolute atomic E-state index is 12.3. The van der Waals surface area contributed by atoms with E-state index < -0.39 is 31.3 Å². The molecule has 0 saturated heterocycles. The summed E-state index contributed by atoms with van der Waals surface area (Å²) >= 11 is 0. The number of hydrogen-bond donors (Lipinski definition) is 2. The SMILES string of the molecule is Cn1cnnc1CNC(=O)N(CC(=O)O)CC(F)(F)F. The van der Waals surface area contributed by atoms with Gasteiger partial charge in [-0.3, -0.25) is 4.79 Å². The summed E-state index contributed by atoms with van der Waals surface area (Å²) in [5.74, 6) is -1.22. The molecule has 0 aliphatic carbocycles. The Labute approximate surface area is 111 Å². The molecule has 2 amide bonds. The molecule has 0 bridgehead atoms. The van der Waals surface area contributed by atoms with E-state index in [4.69, 9.17) is 5.11 Å². The number of carbonyl (C=O) groups is 2. The third-order valence-corrected chi connectivity index (χ3v) is 2.19. The lowest BCUT2D eigenvalue weighted by atomic mass is 10.4. The van der Waals surface area contributed by atoms with Crippen molar-refractivity contribution in [2.75, 3.05) is 13.1 Å². The highest BCUT2D eigenvalue weighted by molar-refractivity contribution is 5.80. The Balaban J connectivity index is 2.63. The van der Waals surface area contributed by atoms with Crippen molar-refractivity contribution in [1.82, 2.24) is 25.0 Å². The molecular weight excluding hydrogens is 283 g/mol. The van der Waals surface area contributed by atoms with Crippen LogP contribution in [0.3, 0.4) is 0 Å². The summed E-state index contributed by atoms with van der Waals surface area (Å²) in [6, 6.07) is -1.15. The summed E-state index contributed by atoms with van der Waals surface area (Å²) in [6.45, 7) is -2.86. The molecule has 112 valence electrons. The molecule has 2 N–H and O–H groups in total. The second-order valence-corrected chi connectivity index (χ2v) is 3.88. The van der Waals surface area contributed by atoms with Crippen LogP contribution in [0.25, 0.3) is 0 Å². The first-order chi connectivity index (χ1) is 9.19. The summed E-state index contributed by atoms with van der Waals surface area (Å²) in [5.41, 5.74) is 0. The van der Waals surface area contributed by atoms with Crippen LogP contribution in [0.5, 0.6) is 0 Å². The summed E-state index contributed by atoms with van der Waals surface area (Å²) in [7, 11) is 1.59. The van der Waals surface area contributed by atoms with Crippen LogP contribution in [0, 0.1) is 0 Å². The van der Waals surface area contributed by atoms with Gasteiger partial charge in [0.1, 0.15) is 19.4 Å². The topological polar surface area (TPSA) is 100 Å². The second kappa shape index (κ2) is 6.21. The number of amides is 2. The Morgan fingerprint density at radius 1 is 1.50 bits per heavy atom. The van der Waals surface area contributed by atoms with Gasteiger partial charge in [0.05, 0.1) is 6.54 Å². The molecule has 0 fully saturated rings. The number of rotatable bonds is 5. The minimum atomic E-state index is -4.68. The highest BCUT2D eigenvalue weighted by atomic mass is 19.4. The van der Waals surface area contributed by atoms with Crippen LogP contribution in [-0.4, -0.2) is 56.0 Å². The number of nitrogens with zero attached hydrogens (tertiary/aromatic N) is 4. The van der Waals surface area contributed by atoms with E-state index in [-0.39, 0.29) is 11.4 Å². The maximum atomic E-state index is 12.3. The van der Waals surface area contributed by atoms with E-state index in [1.54, 1.807) is 7.05 Å². The number of carboxylic acids is 1. The number of aromatic nitrogens is 3. The lowest BCUT2D eigenvalue weighted by Crippen LogP contribution is -2.47. The van der Waals surface area contributed by atoms with E-state index in [0.717, 1.165) is 0 Å². The van der Waals surface area contributed by atoms with Crippen molar-refractivity contribution in [3.63, 3.8) is 0 Å². The largest absolute Gasteiger partial charge is 0.480 e. The van der Waals surface area contributed by atoms with Gasteiger partial charge in [0.2, 0.25) is 0 Å². The Morgan fingerprint density at radius 3 is 2.60 bits per heavy atom. The van der Waals surface area contributed by atoms with Gasteiger partial charge >= 0.3 is 18.2 Å². The van der Waals surface area contributed by atoms with Crippen LogP contribution in [0.2, 0.25) is 0 Å². The van der Waals surface area contributed by atoms with Crippen molar-refractivity contribution in [3.8, 4) is 0 Å². The second-order valence-electron chi connectivity index (χ2n) is 3.88. The number of aliphatic carboxylic acids is 1. The van der Waals surface area contributed by atoms with Crippen molar-refractivity contribution in [2.45, 2.75) is 12.7 Å². The highest BCUT2D eigenvalue weighted by Crippen LogP contribution is 2.16. The third kappa shape index (κ3) is 5.12. The first-order valence-corrected chi connectivity index (χ1v) is 5.33. The molecule has 0 radical (unpaired) electrons. The standard InChI is InChI=1S/C9H12F3N5O3/c1-16-5-14-15-6(16)2-13-8(20)17(3-7(18)19)4-9(10,11)12/h5H,2-4H2,1H3,(H,13,20)(H,18,19). The smallest absolute Gasteiger partial charge is 0.406 e. The van der Waals surface area contributed by atoms with Gasteiger partial charge in [-0.2, -0.15) is 13.2 Å². The van der Waals surface area contributed by atoms with Crippen LogP contribution in [0.15, 0.2) is 6.33 Å². The molecule has 20 heavy (non-hydrogen) atoms. The fourth-order valence-corrected chi connectivity index (χ4v) is 1.31. The van der Waals surface area contributed by atoms with E-state index in [1.165, 1.54) is 10.9 Å². The molecule has 1 rings (SSSR count). The molecular formula is C9H12F3N5O3. The molecule has 11 heteroatoms. The molecule has 1 aromatic heterocycles. The average molecular weight is 295 g/mol. The predicted octanol–water partition coefficient (Wildman–Crippen LogP) is -0.0264. The molecule has 8 nitrogen and oxygen atoms in total. The Kier molecular flexibility index (Phi) is 4.88. The average Bonchev–Trinajstić information content (AvgIpc) is 2.68. The summed E-state index contributed by atoms with van der Waals surface area (Å²) in [4.78, 5) is 22.2. The lowest BCUT2D eigenvalue weighted by molar-refractivity contribution is -0.148. The fourth-order valence-electron chi connectivity index (χ4n) is 1.31. The predicted molar refractivity (Wildman–Crippen MR) is 58.5 cm³/mol. The van der Waals surface area contributed by atoms with Gasteiger partial charge in [-0.15, -0.1) is 10.2 Å². The van der Waals surface area contributed by atoms with Crippen molar-refractivity contribution < 1.29 is 27.9 Å². The number of halogens is 3. The summed E-state index contributed by atoms with van der Waals surface area (Å²) in [6.07, 6.45) is -3.33. The molecule has 0 spiro atoms. The Bertz CT molecular complexity index is 487. The number of aryl methyl sites for hydroxylation is 1. The first kappa shape index (κ1) is 15.7. The fraction of sp³-hybridized carbons (Fsp3) is 0.556. The molecule has 0 saturated carbocycles. The van der Waals surface area contributed by atoms with Gasteiger partial charge in [-0.05, 0) is 0 Å². The van der Waals surface area contributed by atoms with Gasteiger partial charge in [0.15, 0.2) is 5.82 Å². The van der Waals surface area contributed by atoms with Crippen LogP contribution < -0.4 is 5.32 Å². The quantitative estimate of drug-likeness (QED) is 0.794. The maximum Gasteiger partial charge on any atom is 0.406 e. The zero-order valence-electron chi connectivity index (χ0n) is 10.4. The van der Waals surface area contributed by atoms with Gasteiger partial charge in [-0.1, -0.05) is 0 Å². The van der Waals surface area contributed by atoms with E-state index in [2.05, 4.69) is 15.5 Å². The van der Waals surface area contributed by atoms with Crippen molar-refractivity contribution in [2.24, 2.45) is 7.05 Å². The molecule has 1 heterocycles. The summed E-state index contributed by atoms with van der Waals surface area (Å²) < 4.78 is 38.2. The van der Waals surface area contributed by atoms with E-state index in [9.17, 15) is 22.8 Å². The van der Waals surface area contributed by atoms with Gasteiger partial charge in [0, 0.05) is 7.05 Å². The van der Waals surface area contributed by atoms with Crippen LogP contribution in [-0.2, 0) is 18.4 Å². The molecule has 0 aliphatic heterocycles. The van der Waals surface area contributed by atoms with Crippen molar-refractivity contribution in [1.29, 1.82) is 0 Å². The van der Waals surface area contributed by atoms with Crippen molar-refractivity contribution >= 4 is 12.0 Å². The molecule has 0 unspecified atom stereocenters. The highest BCUT2D eigenvalue weighted by Gasteiger charge is 2.34. The number of urea groups is 1. The number of alkyl halides is 3. The van der Waals surface area contributed by atoms with Gasteiger partial charge < -0.3 is 19.9 Å². The number of carbonyl (C=O) groups excluding carboxylic acids is 1. The zero-order chi connectivity index (χ0) is 15.3. The minimum Gasteiger partial charge on any atom is -0.480 e. The Hall–Kier alpha value is -2.33. The third-order valence-electron chi connectivity index (χ3n) is 2.19. The van der Waals surface area contributed by atoms with Crippen LogP contribution in [0.1, 0.15) is 5.82 Å². The number of hydrogen-bond acceptors (Lipinski definition) is 4. The van der Waals surface area contributed by atoms with E-state index >= 15 is 0 Å². The van der Waals surface area contributed by atoms with Gasteiger partial charge in [0.25, 0.3) is 0 Å². The summed E-state index contributed by atoms with van der Waals surface area (Å²) in [5, 5.41) is 17.8. The number of carboxylic acid groups (broad SMARTS) is 1. The van der Waals surface area contributed by atoms with E-state index in [1.807, 2.05) is 0 Å². The van der Waals surface area contributed by atoms with Crippen LogP contribution in [0.4, 0.5) is 18.0 Å². The van der Waals surface area contributed by atoms with Gasteiger partial charge in [-0.25, -0.2) is 4.79 Å².